The third kappa shape index (κ3) is 1.68. The van der Waals surface area contributed by atoms with Crippen molar-refractivity contribution in [3.63, 3.8) is 0 Å². The zero-order valence-electron chi connectivity index (χ0n) is 10.1. The molecular weight excluding hydrogens is 244 g/mol. The minimum atomic E-state index is -0.709. The van der Waals surface area contributed by atoms with Crippen molar-refractivity contribution in [3.8, 4) is 11.4 Å². The van der Waals surface area contributed by atoms with Crippen LogP contribution in [0.4, 0.5) is 4.39 Å². The van der Waals surface area contributed by atoms with Crippen LogP contribution in [0.2, 0.25) is 0 Å². The predicted molar refractivity (Wildman–Crippen MR) is 70.6 cm³/mol. The lowest BCUT2D eigenvalue weighted by Crippen LogP contribution is -2.15. The van der Waals surface area contributed by atoms with Crippen molar-refractivity contribution in [3.05, 3.63) is 41.7 Å². The molecule has 0 atom stereocenters. The molecule has 1 heterocycles. The fourth-order valence-corrected chi connectivity index (χ4v) is 1.99. The largest absolute Gasteiger partial charge is 0.508 e. The van der Waals surface area contributed by atoms with Gasteiger partial charge in [-0.25, -0.2) is 9.07 Å². The highest BCUT2D eigenvalue weighted by atomic mass is 19.1. The molecule has 0 aliphatic heterocycles. The number of hydrogen-bond donors (Lipinski definition) is 1. The number of aryl methyl sites for hydroxylation is 1. The number of fused-ring (bicyclic) bond motifs is 1. The fraction of sp³-hybridized carbons (Fsp3) is 0.0769. The van der Waals surface area contributed by atoms with E-state index < -0.39 is 5.82 Å². The van der Waals surface area contributed by atoms with Gasteiger partial charge >= 0.3 is 0 Å². The Bertz CT molecular complexity index is 785. The van der Waals surface area contributed by atoms with E-state index in [-0.39, 0.29) is 16.9 Å². The maximum Gasteiger partial charge on any atom is 0.145 e. The summed E-state index contributed by atoms with van der Waals surface area (Å²) in [4.78, 5) is 0. The highest BCUT2D eigenvalue weighted by Crippen LogP contribution is 2.23. The summed E-state index contributed by atoms with van der Waals surface area (Å²) < 4.78 is 15.5. The lowest BCUT2D eigenvalue weighted by molar-refractivity contribution is 0.470. The number of rotatable bonds is 1. The summed E-state index contributed by atoms with van der Waals surface area (Å²) in [5, 5.41) is 17.5. The Balaban J connectivity index is 2.34. The van der Waals surface area contributed by atoms with Gasteiger partial charge in [-0.1, -0.05) is 17.3 Å². The number of phenols is 1. The first-order chi connectivity index (χ1) is 9.09. The normalized spacial score (nSPS) is 11.1. The molecular formula is C13H9BFN3O. The second-order valence-electron chi connectivity index (χ2n) is 4.28. The van der Waals surface area contributed by atoms with Crippen LogP contribution < -0.4 is 5.46 Å². The first-order valence-corrected chi connectivity index (χ1v) is 5.68. The number of benzene rings is 2. The molecule has 1 aromatic heterocycles. The molecule has 0 fully saturated rings. The molecule has 4 nitrogen and oxygen atoms in total. The Kier molecular flexibility index (Phi) is 2.52. The lowest BCUT2D eigenvalue weighted by atomic mass is 9.91. The minimum Gasteiger partial charge on any atom is -0.508 e. The molecule has 2 aromatic carbocycles. The van der Waals surface area contributed by atoms with Crippen LogP contribution in [0.3, 0.4) is 0 Å². The summed E-state index contributed by atoms with van der Waals surface area (Å²) in [7, 11) is 5.55. The van der Waals surface area contributed by atoms with E-state index in [0.717, 1.165) is 0 Å². The van der Waals surface area contributed by atoms with E-state index in [4.69, 9.17) is 7.85 Å². The van der Waals surface area contributed by atoms with Gasteiger partial charge in [0.15, 0.2) is 0 Å². The van der Waals surface area contributed by atoms with E-state index in [1.54, 1.807) is 19.1 Å². The molecule has 6 heteroatoms. The van der Waals surface area contributed by atoms with Crippen LogP contribution >= 0.6 is 0 Å². The lowest BCUT2D eigenvalue weighted by Gasteiger charge is -2.10. The Morgan fingerprint density at radius 3 is 2.84 bits per heavy atom. The maximum absolute atomic E-state index is 14.2. The van der Waals surface area contributed by atoms with Gasteiger partial charge in [0.05, 0.1) is 5.52 Å². The highest BCUT2D eigenvalue weighted by molar-refractivity contribution is 6.34. The molecule has 0 aliphatic carbocycles. The number of phenolic OH excluding ortho intramolecular Hbond substituents is 1. The van der Waals surface area contributed by atoms with Crippen LogP contribution in [0.1, 0.15) is 5.56 Å². The van der Waals surface area contributed by atoms with Gasteiger partial charge in [0.25, 0.3) is 0 Å². The predicted octanol–water partition coefficient (Wildman–Crippen LogP) is 1.37. The Morgan fingerprint density at radius 1 is 1.32 bits per heavy atom. The summed E-state index contributed by atoms with van der Waals surface area (Å²) in [6.45, 7) is 1.65. The fourth-order valence-electron chi connectivity index (χ4n) is 1.99. The summed E-state index contributed by atoms with van der Waals surface area (Å²) in [5.41, 5.74) is 1.70. The van der Waals surface area contributed by atoms with Gasteiger partial charge in [-0.15, -0.1) is 5.10 Å². The van der Waals surface area contributed by atoms with Gasteiger partial charge in [-0.2, -0.15) is 0 Å². The van der Waals surface area contributed by atoms with Crippen LogP contribution in [0.5, 0.6) is 5.75 Å². The van der Waals surface area contributed by atoms with E-state index in [9.17, 15) is 9.50 Å². The van der Waals surface area contributed by atoms with E-state index >= 15 is 0 Å². The van der Waals surface area contributed by atoms with Crippen LogP contribution in [0.25, 0.3) is 16.7 Å². The molecule has 19 heavy (non-hydrogen) atoms. The molecule has 0 bridgehead atoms. The number of aromatic nitrogens is 3. The third-order valence-corrected chi connectivity index (χ3v) is 3.02. The molecule has 0 spiro atoms. The maximum atomic E-state index is 14.2. The van der Waals surface area contributed by atoms with Crippen LogP contribution in [-0.2, 0) is 0 Å². The van der Waals surface area contributed by atoms with Crippen molar-refractivity contribution in [1.82, 2.24) is 15.0 Å². The van der Waals surface area contributed by atoms with Crippen molar-refractivity contribution in [2.75, 3.05) is 0 Å². The average Bonchev–Trinajstić information content (AvgIpc) is 2.84. The van der Waals surface area contributed by atoms with Gasteiger partial charge in [-0.3, -0.25) is 0 Å². The summed E-state index contributed by atoms with van der Waals surface area (Å²) in [6, 6.07) is 8.70. The number of aromatic hydroxyl groups is 1. The smallest absolute Gasteiger partial charge is 0.145 e. The quantitative estimate of drug-likeness (QED) is 0.666. The van der Waals surface area contributed by atoms with E-state index in [2.05, 4.69) is 10.3 Å². The van der Waals surface area contributed by atoms with Crippen LogP contribution in [0, 0.1) is 12.7 Å². The SMILES string of the molecule is [B]c1c(O)c(C)cc(-n2nnc3ccccc32)c1F. The summed E-state index contributed by atoms with van der Waals surface area (Å²) in [6.07, 6.45) is 0. The molecule has 0 saturated heterocycles. The number of para-hydroxylation sites is 1. The average molecular weight is 253 g/mol. The van der Waals surface area contributed by atoms with Crippen molar-refractivity contribution in [2.24, 2.45) is 0 Å². The van der Waals surface area contributed by atoms with Gasteiger partial charge in [0.2, 0.25) is 0 Å². The van der Waals surface area contributed by atoms with Crippen molar-refractivity contribution in [1.29, 1.82) is 0 Å². The molecule has 0 amide bonds. The van der Waals surface area contributed by atoms with Gasteiger partial charge in [0, 0.05) is 0 Å². The summed E-state index contributed by atoms with van der Waals surface area (Å²) in [5.74, 6) is -0.954. The monoisotopic (exact) mass is 253 g/mol. The van der Waals surface area contributed by atoms with E-state index in [1.807, 2.05) is 12.1 Å². The van der Waals surface area contributed by atoms with Gasteiger partial charge < -0.3 is 5.11 Å². The molecule has 0 aliphatic rings. The van der Waals surface area contributed by atoms with Gasteiger partial charge in [0.1, 0.15) is 30.6 Å². The molecule has 0 unspecified atom stereocenters. The van der Waals surface area contributed by atoms with Gasteiger partial charge in [-0.05, 0) is 36.1 Å². The summed E-state index contributed by atoms with van der Waals surface area (Å²) >= 11 is 0. The Labute approximate surface area is 109 Å². The molecule has 3 aromatic rings. The van der Waals surface area contributed by atoms with Crippen molar-refractivity contribution < 1.29 is 9.50 Å². The van der Waals surface area contributed by atoms with E-state index in [0.29, 0.717) is 16.6 Å². The molecule has 3 rings (SSSR count). The Morgan fingerprint density at radius 2 is 2.05 bits per heavy atom. The number of nitrogens with zero attached hydrogens (tertiary/aromatic N) is 3. The first-order valence-electron chi connectivity index (χ1n) is 5.68. The number of halogens is 1. The van der Waals surface area contributed by atoms with Crippen LogP contribution in [-0.4, -0.2) is 27.9 Å². The second kappa shape index (κ2) is 4.08. The molecule has 2 radical (unpaired) electrons. The standard InChI is InChI=1S/C13H9BFN3O/c1-7-6-10(12(15)11(14)13(7)19)18-9-5-3-2-4-8(9)16-17-18/h2-6,19H,1H3. The third-order valence-electron chi connectivity index (χ3n) is 3.02. The van der Waals surface area contributed by atoms with Crippen molar-refractivity contribution in [2.45, 2.75) is 6.92 Å². The highest BCUT2D eigenvalue weighted by Gasteiger charge is 2.16. The Hall–Kier alpha value is -2.37. The minimum absolute atomic E-state index is 0.168. The molecule has 1 N–H and O–H groups in total. The first kappa shape index (κ1) is 11.7. The van der Waals surface area contributed by atoms with Crippen LogP contribution in [0.15, 0.2) is 30.3 Å². The zero-order chi connectivity index (χ0) is 13.6. The van der Waals surface area contributed by atoms with E-state index in [1.165, 1.54) is 10.7 Å². The van der Waals surface area contributed by atoms with Crippen molar-refractivity contribution >= 4 is 24.3 Å². The second-order valence-corrected chi connectivity index (χ2v) is 4.28. The zero-order valence-corrected chi connectivity index (χ0v) is 10.1. The number of hydrogen-bond acceptors (Lipinski definition) is 3. The molecule has 92 valence electrons. The topological polar surface area (TPSA) is 50.9 Å². The molecule has 0 saturated carbocycles.